The van der Waals surface area contributed by atoms with Gasteiger partial charge in [-0.2, -0.15) is 0 Å². The summed E-state index contributed by atoms with van der Waals surface area (Å²) in [6, 6.07) is 14.7. The fourth-order valence-electron chi connectivity index (χ4n) is 4.67. The van der Waals surface area contributed by atoms with Crippen molar-refractivity contribution in [2.24, 2.45) is 5.92 Å². The Morgan fingerprint density at radius 3 is 2.77 bits per heavy atom. The lowest BCUT2D eigenvalue weighted by molar-refractivity contribution is 0.139. The number of ether oxygens (including phenoxy) is 1. The van der Waals surface area contributed by atoms with Crippen LogP contribution in [-0.4, -0.2) is 35.7 Å². The molecular formula is C23H23N3O4. The van der Waals surface area contributed by atoms with Crippen molar-refractivity contribution in [2.45, 2.75) is 18.9 Å². The fourth-order valence-corrected chi connectivity index (χ4v) is 4.67. The van der Waals surface area contributed by atoms with E-state index in [1.54, 1.807) is 25.5 Å². The van der Waals surface area contributed by atoms with Gasteiger partial charge in [-0.05, 0) is 48.7 Å². The molecule has 2 aromatic heterocycles. The summed E-state index contributed by atoms with van der Waals surface area (Å²) in [6.07, 6.45) is 2.56. The first kappa shape index (κ1) is 18.5. The van der Waals surface area contributed by atoms with E-state index in [9.17, 15) is 9.59 Å². The molecule has 0 saturated carbocycles. The minimum Gasteiger partial charge on any atom is -0.495 e. The molecule has 0 radical (unpaired) electrons. The van der Waals surface area contributed by atoms with Crippen LogP contribution in [0.15, 0.2) is 64.0 Å². The number of para-hydroxylation sites is 2. The number of benzene rings is 1. The zero-order valence-corrected chi connectivity index (χ0v) is 16.7. The number of nitrogens with one attached hydrogen (secondary N) is 1. The molecule has 1 fully saturated rings. The van der Waals surface area contributed by atoms with E-state index in [1.807, 2.05) is 45.9 Å². The number of urea groups is 1. The number of amides is 2. The summed E-state index contributed by atoms with van der Waals surface area (Å²) in [7, 11) is 1.59. The third-order valence-electron chi connectivity index (χ3n) is 6.03. The smallest absolute Gasteiger partial charge is 0.321 e. The maximum absolute atomic E-state index is 13.1. The standard InChI is InChI=1S/C23H23N3O4/c1-29-21-6-3-2-5-18(21)24-23(28)25-12-15-11-16(14-25)19-9-8-17(20-7-4-10-30-20)22(27)26(19)13-15/h2-10,15-16H,11-14H2,1H3,(H,24,28)/t15-,16+/m0/s1. The molecule has 2 aliphatic rings. The fraction of sp³-hybridized carbons (Fsp3) is 0.304. The highest BCUT2D eigenvalue weighted by molar-refractivity contribution is 5.91. The number of fused-ring (bicyclic) bond motifs is 4. The number of pyridine rings is 1. The zero-order chi connectivity index (χ0) is 20.7. The van der Waals surface area contributed by atoms with E-state index in [2.05, 4.69) is 5.32 Å². The predicted molar refractivity (Wildman–Crippen MR) is 113 cm³/mol. The van der Waals surface area contributed by atoms with Gasteiger partial charge in [0.15, 0.2) is 0 Å². The summed E-state index contributed by atoms with van der Waals surface area (Å²) in [5, 5.41) is 2.96. The highest BCUT2D eigenvalue weighted by Crippen LogP contribution is 2.36. The second kappa shape index (κ2) is 7.40. The van der Waals surface area contributed by atoms with Crippen LogP contribution in [0.25, 0.3) is 11.3 Å². The first-order valence-corrected chi connectivity index (χ1v) is 10.1. The molecule has 0 unspecified atom stereocenters. The highest BCUT2D eigenvalue weighted by Gasteiger charge is 2.37. The first-order valence-electron chi connectivity index (χ1n) is 10.1. The van der Waals surface area contributed by atoms with E-state index in [4.69, 9.17) is 9.15 Å². The van der Waals surface area contributed by atoms with Crippen molar-refractivity contribution < 1.29 is 13.9 Å². The molecule has 0 aliphatic carbocycles. The number of piperidine rings is 1. The maximum Gasteiger partial charge on any atom is 0.321 e. The second-order valence-electron chi connectivity index (χ2n) is 7.90. The summed E-state index contributed by atoms with van der Waals surface area (Å²) in [5.74, 6) is 1.60. The number of anilines is 1. The molecule has 2 aliphatic heterocycles. The number of likely N-dealkylation sites (tertiary alicyclic amines) is 1. The molecule has 2 bridgehead atoms. The van der Waals surface area contributed by atoms with Crippen molar-refractivity contribution in [1.29, 1.82) is 0 Å². The van der Waals surface area contributed by atoms with Crippen molar-refractivity contribution in [3.8, 4) is 17.1 Å². The van der Waals surface area contributed by atoms with Crippen LogP contribution < -0.4 is 15.6 Å². The van der Waals surface area contributed by atoms with Gasteiger partial charge in [0.2, 0.25) is 0 Å². The van der Waals surface area contributed by atoms with Crippen LogP contribution in [0.5, 0.6) is 5.75 Å². The van der Waals surface area contributed by atoms with Gasteiger partial charge < -0.3 is 23.9 Å². The Hall–Kier alpha value is -3.48. The topological polar surface area (TPSA) is 76.7 Å². The number of nitrogens with zero attached hydrogens (tertiary/aromatic N) is 2. The number of methoxy groups -OCH3 is 1. The van der Waals surface area contributed by atoms with E-state index in [0.717, 1.165) is 12.1 Å². The number of furan rings is 1. The molecule has 7 heteroatoms. The van der Waals surface area contributed by atoms with Gasteiger partial charge in [-0.25, -0.2) is 4.79 Å². The van der Waals surface area contributed by atoms with E-state index >= 15 is 0 Å². The number of aromatic nitrogens is 1. The minimum absolute atomic E-state index is 0.0240. The Balaban J connectivity index is 1.39. The molecular weight excluding hydrogens is 382 g/mol. The molecule has 5 rings (SSSR count). The lowest BCUT2D eigenvalue weighted by Gasteiger charge is -2.42. The molecule has 1 saturated heterocycles. The quantitative estimate of drug-likeness (QED) is 0.720. The zero-order valence-electron chi connectivity index (χ0n) is 16.7. The van der Waals surface area contributed by atoms with E-state index in [1.165, 1.54) is 0 Å². The average molecular weight is 405 g/mol. The van der Waals surface area contributed by atoms with E-state index in [-0.39, 0.29) is 23.4 Å². The summed E-state index contributed by atoms with van der Waals surface area (Å²) in [5.41, 5.74) is 2.19. The molecule has 4 heterocycles. The van der Waals surface area contributed by atoms with Gasteiger partial charge in [0.25, 0.3) is 5.56 Å². The summed E-state index contributed by atoms with van der Waals surface area (Å²) >= 11 is 0. The lowest BCUT2D eigenvalue weighted by atomic mass is 9.83. The van der Waals surface area contributed by atoms with Crippen LogP contribution in [0.4, 0.5) is 10.5 Å². The normalized spacial score (nSPS) is 19.8. The lowest BCUT2D eigenvalue weighted by Crippen LogP contribution is -2.50. The molecule has 1 N–H and O–H groups in total. The Morgan fingerprint density at radius 1 is 1.10 bits per heavy atom. The number of hydrogen-bond acceptors (Lipinski definition) is 4. The summed E-state index contributed by atoms with van der Waals surface area (Å²) in [6.45, 7) is 1.81. The molecule has 154 valence electrons. The van der Waals surface area contributed by atoms with Crippen molar-refractivity contribution in [2.75, 3.05) is 25.5 Å². The average Bonchev–Trinajstić information content (AvgIpc) is 3.29. The van der Waals surface area contributed by atoms with Gasteiger partial charge in [0.1, 0.15) is 11.5 Å². The molecule has 2 amide bonds. The van der Waals surface area contributed by atoms with Crippen LogP contribution in [0, 0.1) is 5.92 Å². The van der Waals surface area contributed by atoms with Crippen molar-refractivity contribution in [3.63, 3.8) is 0 Å². The van der Waals surface area contributed by atoms with Crippen molar-refractivity contribution in [3.05, 3.63) is 70.8 Å². The van der Waals surface area contributed by atoms with Gasteiger partial charge >= 0.3 is 6.03 Å². The van der Waals surface area contributed by atoms with Gasteiger partial charge in [0, 0.05) is 31.2 Å². The Morgan fingerprint density at radius 2 is 1.97 bits per heavy atom. The molecule has 7 nitrogen and oxygen atoms in total. The second-order valence-corrected chi connectivity index (χ2v) is 7.90. The monoisotopic (exact) mass is 405 g/mol. The molecule has 30 heavy (non-hydrogen) atoms. The van der Waals surface area contributed by atoms with Gasteiger partial charge in [0.05, 0.1) is 24.6 Å². The van der Waals surface area contributed by atoms with Crippen LogP contribution in [0.3, 0.4) is 0 Å². The number of rotatable bonds is 3. The minimum atomic E-state index is -0.141. The van der Waals surface area contributed by atoms with Gasteiger partial charge in [-0.15, -0.1) is 0 Å². The number of carbonyl (C=O) groups excluding carboxylic acids is 1. The SMILES string of the molecule is COc1ccccc1NC(=O)N1C[C@@H]2C[C@H](C1)c1ccc(-c3ccco3)c(=O)n1C2. The maximum atomic E-state index is 13.1. The van der Waals surface area contributed by atoms with E-state index < -0.39 is 0 Å². The number of hydrogen-bond donors (Lipinski definition) is 1. The third kappa shape index (κ3) is 3.16. The summed E-state index contributed by atoms with van der Waals surface area (Å²) in [4.78, 5) is 27.8. The first-order chi connectivity index (χ1) is 14.6. The molecule has 3 aromatic rings. The van der Waals surface area contributed by atoms with Crippen molar-refractivity contribution >= 4 is 11.7 Å². The Labute approximate surface area is 173 Å². The van der Waals surface area contributed by atoms with Crippen LogP contribution in [0.2, 0.25) is 0 Å². The van der Waals surface area contributed by atoms with Crippen molar-refractivity contribution in [1.82, 2.24) is 9.47 Å². The predicted octanol–water partition coefficient (Wildman–Crippen LogP) is 3.77. The van der Waals surface area contributed by atoms with Crippen LogP contribution in [0.1, 0.15) is 18.0 Å². The van der Waals surface area contributed by atoms with Gasteiger partial charge in [-0.3, -0.25) is 4.79 Å². The van der Waals surface area contributed by atoms with Gasteiger partial charge in [-0.1, -0.05) is 12.1 Å². The molecule has 2 atom stereocenters. The Bertz CT molecular complexity index is 1140. The highest BCUT2D eigenvalue weighted by atomic mass is 16.5. The molecule has 0 spiro atoms. The Kier molecular flexibility index (Phi) is 4.58. The van der Waals surface area contributed by atoms with Crippen LogP contribution in [-0.2, 0) is 6.54 Å². The van der Waals surface area contributed by atoms with Crippen LogP contribution >= 0.6 is 0 Å². The summed E-state index contributed by atoms with van der Waals surface area (Å²) < 4.78 is 12.6. The molecule has 1 aromatic carbocycles. The number of carbonyl (C=O) groups is 1. The third-order valence-corrected chi connectivity index (χ3v) is 6.03. The largest absolute Gasteiger partial charge is 0.495 e. The van der Waals surface area contributed by atoms with E-state index in [0.29, 0.717) is 42.4 Å².